The molecule has 0 unspecified atom stereocenters. The van der Waals surface area contributed by atoms with Crippen LogP contribution in [0.1, 0.15) is 31.0 Å². The van der Waals surface area contributed by atoms with Crippen molar-refractivity contribution in [2.24, 2.45) is 5.92 Å². The summed E-state index contributed by atoms with van der Waals surface area (Å²) in [5.41, 5.74) is 3.09. The molecule has 3 aromatic rings. The van der Waals surface area contributed by atoms with E-state index in [2.05, 4.69) is 24.1 Å². The summed E-state index contributed by atoms with van der Waals surface area (Å²) in [6, 6.07) is 13.8. The average molecular weight is 364 g/mol. The Morgan fingerprint density at radius 3 is 2.70 bits per heavy atom. The highest BCUT2D eigenvalue weighted by atomic mass is 16.6. The topological polar surface area (TPSA) is 63.4 Å². The van der Waals surface area contributed by atoms with Gasteiger partial charge in [-0.2, -0.15) is 0 Å². The van der Waals surface area contributed by atoms with E-state index in [1.54, 1.807) is 0 Å². The summed E-state index contributed by atoms with van der Waals surface area (Å²) in [5.74, 6) is 1.76. The molecule has 2 N–H and O–H groups in total. The number of fused-ring (bicyclic) bond motifs is 2. The number of ether oxygens (including phenoxy) is 2. The van der Waals surface area contributed by atoms with Crippen LogP contribution in [0.5, 0.6) is 11.5 Å². The molecule has 0 spiro atoms. The van der Waals surface area contributed by atoms with Crippen molar-refractivity contribution < 1.29 is 14.3 Å². The number of hydrogen-bond donors (Lipinski definition) is 2. The summed E-state index contributed by atoms with van der Waals surface area (Å²) in [6.45, 7) is 5.33. The number of benzene rings is 2. The van der Waals surface area contributed by atoms with E-state index in [1.807, 2.05) is 48.7 Å². The monoisotopic (exact) mass is 364 g/mol. The van der Waals surface area contributed by atoms with Crippen LogP contribution in [0.3, 0.4) is 0 Å². The van der Waals surface area contributed by atoms with Crippen molar-refractivity contribution in [1.82, 2.24) is 10.3 Å². The van der Waals surface area contributed by atoms with E-state index < -0.39 is 0 Å². The van der Waals surface area contributed by atoms with Gasteiger partial charge in [0, 0.05) is 17.1 Å². The van der Waals surface area contributed by atoms with Gasteiger partial charge >= 0.3 is 0 Å². The second-order valence-corrected chi connectivity index (χ2v) is 7.23. The van der Waals surface area contributed by atoms with Crippen LogP contribution in [0.15, 0.2) is 48.7 Å². The summed E-state index contributed by atoms with van der Waals surface area (Å²) in [7, 11) is 0. The minimum atomic E-state index is -0.0847. The predicted octanol–water partition coefficient (Wildman–Crippen LogP) is 4.00. The minimum absolute atomic E-state index is 0.00772. The molecule has 1 amide bonds. The molecular weight excluding hydrogens is 340 g/mol. The first-order valence-electron chi connectivity index (χ1n) is 9.35. The van der Waals surface area contributed by atoms with Gasteiger partial charge in [0.25, 0.3) is 0 Å². The van der Waals surface area contributed by atoms with Crippen molar-refractivity contribution in [2.75, 3.05) is 13.2 Å². The van der Waals surface area contributed by atoms with Crippen LogP contribution in [0.4, 0.5) is 0 Å². The Morgan fingerprint density at radius 1 is 1.11 bits per heavy atom. The van der Waals surface area contributed by atoms with Gasteiger partial charge in [0.15, 0.2) is 11.5 Å². The fraction of sp³-hybridized carbons (Fsp3) is 0.318. The molecule has 0 aliphatic carbocycles. The first kappa shape index (κ1) is 17.5. The van der Waals surface area contributed by atoms with Crippen LogP contribution in [-0.2, 0) is 11.2 Å². The van der Waals surface area contributed by atoms with E-state index in [4.69, 9.17) is 9.47 Å². The van der Waals surface area contributed by atoms with E-state index >= 15 is 0 Å². The van der Waals surface area contributed by atoms with E-state index in [0.717, 1.165) is 33.5 Å². The molecule has 27 heavy (non-hydrogen) atoms. The lowest BCUT2D eigenvalue weighted by Crippen LogP contribution is -2.33. The summed E-state index contributed by atoms with van der Waals surface area (Å²) in [6.07, 6.45) is 2.26. The number of carbonyl (C=O) groups excluding carboxylic acids is 1. The highest BCUT2D eigenvalue weighted by molar-refractivity contribution is 5.89. The Morgan fingerprint density at radius 2 is 1.89 bits per heavy atom. The lowest BCUT2D eigenvalue weighted by Gasteiger charge is -2.25. The van der Waals surface area contributed by atoms with Crippen LogP contribution in [0, 0.1) is 5.92 Å². The van der Waals surface area contributed by atoms with Gasteiger partial charge in [-0.3, -0.25) is 4.79 Å². The third-order valence-electron chi connectivity index (χ3n) is 4.93. The van der Waals surface area contributed by atoms with Crippen LogP contribution in [0.25, 0.3) is 10.9 Å². The molecule has 0 saturated heterocycles. The van der Waals surface area contributed by atoms with E-state index in [1.165, 1.54) is 0 Å². The number of amides is 1. The standard InChI is InChI=1S/C22H24N2O3/c1-14(2)22(15-7-8-19-20(11-15)27-10-9-26-19)24-21(25)12-16-13-23-18-6-4-3-5-17(16)18/h3-8,11,13-14,22-23H,9-10,12H2,1-2H3,(H,24,25)/t22-/m0/s1. The Labute approximate surface area is 158 Å². The number of aromatic nitrogens is 1. The highest BCUT2D eigenvalue weighted by Crippen LogP contribution is 2.34. The number of rotatable bonds is 5. The Kier molecular flexibility index (Phi) is 4.75. The molecule has 4 rings (SSSR count). The second kappa shape index (κ2) is 7.35. The zero-order valence-electron chi connectivity index (χ0n) is 15.6. The highest BCUT2D eigenvalue weighted by Gasteiger charge is 2.22. The largest absolute Gasteiger partial charge is 0.486 e. The van der Waals surface area contributed by atoms with Crippen LogP contribution in [0.2, 0.25) is 0 Å². The number of aromatic amines is 1. The second-order valence-electron chi connectivity index (χ2n) is 7.23. The Hall–Kier alpha value is -2.95. The molecule has 1 aliphatic heterocycles. The molecule has 5 nitrogen and oxygen atoms in total. The van der Waals surface area contributed by atoms with Crippen LogP contribution >= 0.6 is 0 Å². The number of H-pyrrole nitrogens is 1. The number of para-hydroxylation sites is 1. The first-order chi connectivity index (χ1) is 13.1. The summed E-state index contributed by atoms with van der Waals surface area (Å²) >= 11 is 0. The van der Waals surface area contributed by atoms with Gasteiger partial charge in [0.2, 0.25) is 5.91 Å². The third-order valence-corrected chi connectivity index (χ3v) is 4.93. The maximum Gasteiger partial charge on any atom is 0.224 e. The average Bonchev–Trinajstić information content (AvgIpc) is 3.08. The third kappa shape index (κ3) is 3.63. The Balaban J connectivity index is 1.52. The number of hydrogen-bond acceptors (Lipinski definition) is 3. The maximum atomic E-state index is 12.8. The molecule has 2 aromatic carbocycles. The van der Waals surface area contributed by atoms with Crippen molar-refractivity contribution in [3.63, 3.8) is 0 Å². The van der Waals surface area contributed by atoms with Gasteiger partial charge in [0.1, 0.15) is 13.2 Å². The zero-order valence-corrected chi connectivity index (χ0v) is 15.6. The minimum Gasteiger partial charge on any atom is -0.486 e. The molecule has 140 valence electrons. The van der Waals surface area contributed by atoms with Crippen molar-refractivity contribution in [3.05, 3.63) is 59.8 Å². The van der Waals surface area contributed by atoms with Gasteiger partial charge in [-0.15, -0.1) is 0 Å². The van der Waals surface area contributed by atoms with Gasteiger partial charge in [0.05, 0.1) is 12.5 Å². The molecule has 2 heterocycles. The number of carbonyl (C=O) groups is 1. The van der Waals surface area contributed by atoms with Crippen molar-refractivity contribution in [3.8, 4) is 11.5 Å². The first-order valence-corrected chi connectivity index (χ1v) is 9.35. The van der Waals surface area contributed by atoms with Crippen molar-refractivity contribution in [2.45, 2.75) is 26.3 Å². The molecule has 0 fully saturated rings. The van der Waals surface area contributed by atoms with Gasteiger partial charge in [-0.1, -0.05) is 38.1 Å². The number of nitrogens with one attached hydrogen (secondary N) is 2. The van der Waals surface area contributed by atoms with Crippen molar-refractivity contribution in [1.29, 1.82) is 0 Å². The summed E-state index contributed by atoms with van der Waals surface area (Å²) in [4.78, 5) is 16.0. The Bertz CT molecular complexity index is 961. The molecule has 1 aliphatic rings. The maximum absolute atomic E-state index is 12.8. The SMILES string of the molecule is CC(C)[C@H](NC(=O)Cc1c[nH]c2ccccc12)c1ccc2c(c1)OCCO2. The summed E-state index contributed by atoms with van der Waals surface area (Å²) in [5, 5.41) is 4.28. The van der Waals surface area contributed by atoms with Gasteiger partial charge < -0.3 is 19.8 Å². The quantitative estimate of drug-likeness (QED) is 0.719. The van der Waals surface area contributed by atoms with E-state index in [0.29, 0.717) is 19.6 Å². The normalized spacial score (nSPS) is 14.3. The lowest BCUT2D eigenvalue weighted by molar-refractivity contribution is -0.121. The van der Waals surface area contributed by atoms with E-state index in [-0.39, 0.29) is 17.9 Å². The molecule has 0 saturated carbocycles. The van der Waals surface area contributed by atoms with Gasteiger partial charge in [-0.05, 0) is 35.2 Å². The molecule has 0 radical (unpaired) electrons. The van der Waals surface area contributed by atoms with E-state index in [9.17, 15) is 4.79 Å². The molecule has 0 bridgehead atoms. The van der Waals surface area contributed by atoms with Gasteiger partial charge in [-0.25, -0.2) is 0 Å². The molecule has 1 atom stereocenters. The predicted molar refractivity (Wildman–Crippen MR) is 105 cm³/mol. The smallest absolute Gasteiger partial charge is 0.224 e. The molecular formula is C22H24N2O3. The van der Waals surface area contributed by atoms with Crippen LogP contribution in [-0.4, -0.2) is 24.1 Å². The zero-order chi connectivity index (χ0) is 18.8. The molecule has 5 heteroatoms. The fourth-order valence-electron chi connectivity index (χ4n) is 3.56. The van der Waals surface area contributed by atoms with Crippen molar-refractivity contribution >= 4 is 16.8 Å². The lowest BCUT2D eigenvalue weighted by atomic mass is 9.95. The molecule has 1 aromatic heterocycles. The summed E-state index contributed by atoms with van der Waals surface area (Å²) < 4.78 is 11.3. The van der Waals surface area contributed by atoms with Crippen LogP contribution < -0.4 is 14.8 Å². The fourth-order valence-corrected chi connectivity index (χ4v) is 3.56.